The quantitative estimate of drug-likeness (QED) is 0.728. The van der Waals surface area contributed by atoms with Gasteiger partial charge in [0.1, 0.15) is 11.5 Å². The molecule has 0 saturated heterocycles. The summed E-state index contributed by atoms with van der Waals surface area (Å²) < 4.78 is 5.86. The Morgan fingerprint density at radius 1 is 0.875 bits per heavy atom. The van der Waals surface area contributed by atoms with E-state index in [-0.39, 0.29) is 0 Å². The molecule has 0 aromatic heterocycles. The highest BCUT2D eigenvalue weighted by Gasteiger charge is 2.02. The number of benzene rings is 2. The van der Waals surface area contributed by atoms with Crippen molar-refractivity contribution in [1.29, 1.82) is 0 Å². The first-order chi connectivity index (χ1) is 7.90. The molecular weight excluding hydrogens is 196 g/mol. The van der Waals surface area contributed by atoms with Crippen molar-refractivity contribution in [3.8, 4) is 11.5 Å². The smallest absolute Gasteiger partial charge is 0.130 e. The SMILES string of the molecule is CCCc1ccccc1Oc1ccccc1. The van der Waals surface area contributed by atoms with Crippen LogP contribution in [0, 0.1) is 0 Å². The normalized spacial score (nSPS) is 10.1. The number of rotatable bonds is 4. The number of hydrogen-bond donors (Lipinski definition) is 0. The number of hydrogen-bond acceptors (Lipinski definition) is 1. The molecular formula is C15H16O. The molecule has 1 nitrogen and oxygen atoms in total. The van der Waals surface area contributed by atoms with Gasteiger partial charge in [-0.15, -0.1) is 0 Å². The summed E-state index contributed by atoms with van der Waals surface area (Å²) in [6.07, 6.45) is 2.19. The van der Waals surface area contributed by atoms with Crippen molar-refractivity contribution in [2.24, 2.45) is 0 Å². The fourth-order valence-electron chi connectivity index (χ4n) is 1.69. The molecule has 0 bridgehead atoms. The van der Waals surface area contributed by atoms with Crippen LogP contribution in [-0.4, -0.2) is 0 Å². The van der Waals surface area contributed by atoms with Gasteiger partial charge >= 0.3 is 0 Å². The first-order valence-electron chi connectivity index (χ1n) is 5.71. The lowest BCUT2D eigenvalue weighted by Crippen LogP contribution is -1.90. The number of para-hydroxylation sites is 2. The van der Waals surface area contributed by atoms with Gasteiger partial charge in [-0.25, -0.2) is 0 Å². The maximum absolute atomic E-state index is 5.86. The van der Waals surface area contributed by atoms with Crippen molar-refractivity contribution in [3.05, 3.63) is 60.2 Å². The molecule has 0 spiro atoms. The van der Waals surface area contributed by atoms with Gasteiger partial charge in [-0.1, -0.05) is 49.7 Å². The van der Waals surface area contributed by atoms with E-state index in [2.05, 4.69) is 19.1 Å². The number of ether oxygens (including phenoxy) is 1. The van der Waals surface area contributed by atoms with Crippen LogP contribution < -0.4 is 4.74 Å². The van der Waals surface area contributed by atoms with Crippen LogP contribution >= 0.6 is 0 Å². The van der Waals surface area contributed by atoms with Crippen molar-refractivity contribution < 1.29 is 4.74 Å². The van der Waals surface area contributed by atoms with Crippen LogP contribution in [0.3, 0.4) is 0 Å². The fraction of sp³-hybridized carbons (Fsp3) is 0.200. The highest BCUT2D eigenvalue weighted by atomic mass is 16.5. The van der Waals surface area contributed by atoms with Crippen LogP contribution in [0.4, 0.5) is 0 Å². The minimum absolute atomic E-state index is 0.894. The predicted molar refractivity (Wildman–Crippen MR) is 67.0 cm³/mol. The van der Waals surface area contributed by atoms with Gasteiger partial charge in [-0.3, -0.25) is 0 Å². The average Bonchev–Trinajstić information content (AvgIpc) is 2.33. The van der Waals surface area contributed by atoms with E-state index in [1.807, 2.05) is 42.5 Å². The van der Waals surface area contributed by atoms with Gasteiger partial charge in [0, 0.05) is 0 Å². The Morgan fingerprint density at radius 2 is 1.56 bits per heavy atom. The zero-order chi connectivity index (χ0) is 11.2. The molecule has 0 aliphatic carbocycles. The lowest BCUT2D eigenvalue weighted by Gasteiger charge is -2.10. The van der Waals surface area contributed by atoms with E-state index in [9.17, 15) is 0 Å². The molecule has 82 valence electrons. The monoisotopic (exact) mass is 212 g/mol. The molecule has 1 heteroatoms. The summed E-state index contributed by atoms with van der Waals surface area (Å²) in [6, 6.07) is 18.1. The molecule has 2 rings (SSSR count). The maximum Gasteiger partial charge on any atom is 0.130 e. The van der Waals surface area contributed by atoms with Gasteiger partial charge < -0.3 is 4.74 Å². The minimum Gasteiger partial charge on any atom is -0.457 e. The lowest BCUT2D eigenvalue weighted by atomic mass is 10.1. The van der Waals surface area contributed by atoms with E-state index in [0.29, 0.717) is 0 Å². The Balaban J connectivity index is 2.21. The zero-order valence-electron chi connectivity index (χ0n) is 9.52. The Bertz CT molecular complexity index is 434. The highest BCUT2D eigenvalue weighted by Crippen LogP contribution is 2.25. The fourth-order valence-corrected chi connectivity index (χ4v) is 1.69. The molecule has 16 heavy (non-hydrogen) atoms. The molecule has 0 aliphatic heterocycles. The summed E-state index contributed by atoms with van der Waals surface area (Å²) in [7, 11) is 0. The summed E-state index contributed by atoms with van der Waals surface area (Å²) in [4.78, 5) is 0. The van der Waals surface area contributed by atoms with E-state index >= 15 is 0 Å². The van der Waals surface area contributed by atoms with Crippen LogP contribution in [0.15, 0.2) is 54.6 Å². The molecule has 0 unspecified atom stereocenters. The largest absolute Gasteiger partial charge is 0.457 e. The predicted octanol–water partition coefficient (Wildman–Crippen LogP) is 4.43. The third-order valence-electron chi connectivity index (χ3n) is 2.46. The van der Waals surface area contributed by atoms with Gasteiger partial charge in [-0.05, 0) is 30.2 Å². The Kier molecular flexibility index (Phi) is 3.60. The second-order valence-electron chi connectivity index (χ2n) is 3.77. The van der Waals surface area contributed by atoms with Crippen molar-refractivity contribution in [2.45, 2.75) is 19.8 Å². The third kappa shape index (κ3) is 2.63. The van der Waals surface area contributed by atoms with Crippen LogP contribution in [0.5, 0.6) is 11.5 Å². The number of aryl methyl sites for hydroxylation is 1. The van der Waals surface area contributed by atoms with Gasteiger partial charge in [0.05, 0.1) is 0 Å². The molecule has 2 aromatic rings. The van der Waals surface area contributed by atoms with E-state index < -0.39 is 0 Å². The van der Waals surface area contributed by atoms with Crippen molar-refractivity contribution in [3.63, 3.8) is 0 Å². The second-order valence-corrected chi connectivity index (χ2v) is 3.77. The van der Waals surface area contributed by atoms with Gasteiger partial charge in [0.15, 0.2) is 0 Å². The maximum atomic E-state index is 5.86. The van der Waals surface area contributed by atoms with E-state index in [1.165, 1.54) is 5.56 Å². The third-order valence-corrected chi connectivity index (χ3v) is 2.46. The second kappa shape index (κ2) is 5.36. The molecule has 0 radical (unpaired) electrons. The van der Waals surface area contributed by atoms with Gasteiger partial charge in [0.25, 0.3) is 0 Å². The molecule has 0 N–H and O–H groups in total. The van der Waals surface area contributed by atoms with Crippen LogP contribution in [0.1, 0.15) is 18.9 Å². The van der Waals surface area contributed by atoms with Crippen LogP contribution in [0.25, 0.3) is 0 Å². The minimum atomic E-state index is 0.894. The Labute approximate surface area is 96.7 Å². The first-order valence-corrected chi connectivity index (χ1v) is 5.71. The summed E-state index contributed by atoms with van der Waals surface area (Å²) in [6.45, 7) is 2.18. The Morgan fingerprint density at radius 3 is 2.31 bits per heavy atom. The summed E-state index contributed by atoms with van der Waals surface area (Å²) >= 11 is 0. The van der Waals surface area contributed by atoms with Gasteiger partial charge in [0.2, 0.25) is 0 Å². The molecule has 0 saturated carbocycles. The van der Waals surface area contributed by atoms with Crippen molar-refractivity contribution in [1.82, 2.24) is 0 Å². The van der Waals surface area contributed by atoms with E-state index in [4.69, 9.17) is 4.74 Å². The summed E-state index contributed by atoms with van der Waals surface area (Å²) in [5.74, 6) is 1.86. The molecule has 0 fully saturated rings. The van der Waals surface area contributed by atoms with Crippen LogP contribution in [-0.2, 0) is 6.42 Å². The molecule has 0 aliphatic rings. The first kappa shape index (κ1) is 10.7. The van der Waals surface area contributed by atoms with Crippen molar-refractivity contribution in [2.75, 3.05) is 0 Å². The topological polar surface area (TPSA) is 9.23 Å². The highest BCUT2D eigenvalue weighted by molar-refractivity contribution is 5.37. The summed E-state index contributed by atoms with van der Waals surface area (Å²) in [5, 5.41) is 0. The summed E-state index contributed by atoms with van der Waals surface area (Å²) in [5.41, 5.74) is 1.27. The van der Waals surface area contributed by atoms with E-state index in [1.54, 1.807) is 0 Å². The van der Waals surface area contributed by atoms with Crippen molar-refractivity contribution >= 4 is 0 Å². The standard InChI is InChI=1S/C15H16O/c1-2-8-13-9-6-7-12-15(13)16-14-10-4-3-5-11-14/h3-7,9-12H,2,8H2,1H3. The lowest BCUT2D eigenvalue weighted by molar-refractivity contribution is 0.475. The molecule has 0 amide bonds. The zero-order valence-corrected chi connectivity index (χ0v) is 9.52. The molecule has 0 atom stereocenters. The Hall–Kier alpha value is -1.76. The van der Waals surface area contributed by atoms with Gasteiger partial charge in [-0.2, -0.15) is 0 Å². The van der Waals surface area contributed by atoms with E-state index in [0.717, 1.165) is 24.3 Å². The molecule has 2 aromatic carbocycles. The van der Waals surface area contributed by atoms with Crippen LogP contribution in [0.2, 0.25) is 0 Å². The average molecular weight is 212 g/mol. The molecule has 0 heterocycles.